The largest absolute Gasteiger partial charge is 0.481 e. The third-order valence-corrected chi connectivity index (χ3v) is 3.94. The molecule has 0 amide bonds. The molecular weight excluding hydrogens is 417 g/mol. The number of rotatable bonds is 6. The quantitative estimate of drug-likeness (QED) is 0.360. The number of nitro groups is 1. The zero-order valence-corrected chi connectivity index (χ0v) is 15.4. The Balaban J connectivity index is 1.79. The fourth-order valence-corrected chi connectivity index (χ4v) is 2.52. The molecular formula is C16H12ClF3N6O3. The van der Waals surface area contributed by atoms with Crippen molar-refractivity contribution in [3.63, 3.8) is 0 Å². The van der Waals surface area contributed by atoms with Crippen LogP contribution in [0.4, 0.5) is 24.7 Å². The monoisotopic (exact) mass is 428 g/mol. The van der Waals surface area contributed by atoms with Gasteiger partial charge in [0.25, 0.3) is 0 Å². The average molecular weight is 429 g/mol. The number of nitrogens with zero attached hydrogens (tertiary/aromatic N) is 5. The number of halogens is 4. The number of alkyl halides is 3. The first-order valence-corrected chi connectivity index (χ1v) is 8.28. The number of hydrogen-bond donors (Lipinski definition) is 1. The minimum absolute atomic E-state index is 0.0531. The molecule has 0 atom stereocenters. The average Bonchev–Trinajstić information content (AvgIpc) is 3.11. The summed E-state index contributed by atoms with van der Waals surface area (Å²) in [6, 6.07) is 7.10. The lowest BCUT2D eigenvalue weighted by molar-refractivity contribution is -0.384. The van der Waals surface area contributed by atoms with Crippen molar-refractivity contribution in [1.29, 1.82) is 0 Å². The van der Waals surface area contributed by atoms with Crippen molar-refractivity contribution >= 4 is 23.1 Å². The van der Waals surface area contributed by atoms with Crippen molar-refractivity contribution in [1.82, 2.24) is 19.7 Å². The molecule has 2 aromatic heterocycles. The van der Waals surface area contributed by atoms with E-state index in [2.05, 4.69) is 20.4 Å². The lowest BCUT2D eigenvalue weighted by atomic mass is 10.2. The summed E-state index contributed by atoms with van der Waals surface area (Å²) in [6.07, 6.45) is -3.61. The van der Waals surface area contributed by atoms with Gasteiger partial charge in [-0.15, -0.1) is 0 Å². The van der Waals surface area contributed by atoms with Gasteiger partial charge in [-0.25, -0.2) is 9.67 Å². The zero-order chi connectivity index (χ0) is 21.2. The minimum Gasteiger partial charge on any atom is -0.481 e. The first-order valence-electron chi connectivity index (χ1n) is 7.90. The van der Waals surface area contributed by atoms with Crippen molar-refractivity contribution in [2.45, 2.75) is 12.7 Å². The van der Waals surface area contributed by atoms with E-state index in [1.54, 1.807) is 12.1 Å². The van der Waals surface area contributed by atoms with Gasteiger partial charge in [0.1, 0.15) is 6.20 Å². The van der Waals surface area contributed by atoms with E-state index in [4.69, 9.17) is 16.3 Å². The van der Waals surface area contributed by atoms with Gasteiger partial charge in [-0.2, -0.15) is 23.3 Å². The van der Waals surface area contributed by atoms with E-state index >= 15 is 0 Å². The van der Waals surface area contributed by atoms with Crippen LogP contribution >= 0.6 is 11.6 Å². The van der Waals surface area contributed by atoms with E-state index in [1.807, 2.05) is 0 Å². The molecule has 0 saturated heterocycles. The Hall–Kier alpha value is -3.41. The Labute approximate surface area is 166 Å². The predicted octanol–water partition coefficient (Wildman–Crippen LogP) is 3.86. The number of methoxy groups -OCH3 is 1. The number of hydrogen-bond acceptors (Lipinski definition) is 7. The lowest BCUT2D eigenvalue weighted by Crippen LogP contribution is -2.08. The molecule has 29 heavy (non-hydrogen) atoms. The molecule has 3 rings (SSSR count). The molecule has 0 aliphatic carbocycles. The first kappa shape index (κ1) is 20.3. The normalized spacial score (nSPS) is 11.3. The van der Waals surface area contributed by atoms with E-state index in [1.165, 1.54) is 19.2 Å². The number of anilines is 1. The molecule has 1 N–H and O–H groups in total. The molecule has 1 aromatic carbocycles. The van der Waals surface area contributed by atoms with Crippen LogP contribution in [0.25, 0.3) is 5.69 Å². The van der Waals surface area contributed by atoms with Crippen molar-refractivity contribution in [3.8, 4) is 11.6 Å². The Bertz CT molecular complexity index is 1040. The number of ether oxygens (including phenoxy) is 1. The van der Waals surface area contributed by atoms with Crippen LogP contribution in [0.5, 0.6) is 5.88 Å². The minimum atomic E-state index is -4.60. The van der Waals surface area contributed by atoms with E-state index in [0.717, 1.165) is 16.9 Å². The highest BCUT2D eigenvalue weighted by Crippen LogP contribution is 2.32. The van der Waals surface area contributed by atoms with Crippen molar-refractivity contribution in [2.75, 3.05) is 12.4 Å². The fourth-order valence-electron chi connectivity index (χ4n) is 2.39. The lowest BCUT2D eigenvalue weighted by Gasteiger charge is -2.09. The smallest absolute Gasteiger partial charge is 0.435 e. The molecule has 0 spiro atoms. The summed E-state index contributed by atoms with van der Waals surface area (Å²) in [4.78, 5) is 17.7. The highest BCUT2D eigenvalue weighted by Gasteiger charge is 2.35. The summed E-state index contributed by atoms with van der Waals surface area (Å²) in [7, 11) is 1.24. The van der Waals surface area contributed by atoms with E-state index in [-0.39, 0.29) is 29.2 Å². The van der Waals surface area contributed by atoms with Crippen LogP contribution in [0.3, 0.4) is 0 Å². The summed E-state index contributed by atoms with van der Waals surface area (Å²) in [5.41, 5.74) is -0.392. The van der Waals surface area contributed by atoms with Gasteiger partial charge in [0.2, 0.25) is 17.0 Å². The van der Waals surface area contributed by atoms with Gasteiger partial charge >= 0.3 is 11.9 Å². The van der Waals surface area contributed by atoms with Crippen LogP contribution in [0.1, 0.15) is 11.3 Å². The molecule has 0 unspecified atom stereocenters. The third kappa shape index (κ3) is 4.54. The second-order valence-corrected chi connectivity index (χ2v) is 5.97. The maximum absolute atomic E-state index is 12.9. The molecule has 9 nitrogen and oxygen atoms in total. The summed E-state index contributed by atoms with van der Waals surface area (Å²) >= 11 is 5.67. The Morgan fingerprint density at radius 1 is 1.31 bits per heavy atom. The van der Waals surface area contributed by atoms with Crippen LogP contribution in [0, 0.1) is 10.1 Å². The fraction of sp³-hybridized carbons (Fsp3) is 0.188. The van der Waals surface area contributed by atoms with E-state index < -0.39 is 16.8 Å². The highest BCUT2D eigenvalue weighted by molar-refractivity contribution is 6.28. The Morgan fingerprint density at radius 3 is 2.59 bits per heavy atom. The Kier molecular flexibility index (Phi) is 5.55. The van der Waals surface area contributed by atoms with Gasteiger partial charge in [-0.05, 0) is 29.3 Å². The van der Waals surface area contributed by atoms with Gasteiger partial charge in [0, 0.05) is 12.6 Å². The maximum atomic E-state index is 12.9. The molecule has 2 heterocycles. The second-order valence-electron chi connectivity index (χ2n) is 5.63. The molecule has 0 aliphatic heterocycles. The van der Waals surface area contributed by atoms with Gasteiger partial charge in [0.05, 0.1) is 17.7 Å². The molecule has 3 aromatic rings. The number of nitrogens with one attached hydrogen (secondary N) is 1. The topological polar surface area (TPSA) is 108 Å². The van der Waals surface area contributed by atoms with Crippen LogP contribution in [0.15, 0.2) is 36.5 Å². The van der Waals surface area contributed by atoms with Gasteiger partial charge in [-0.1, -0.05) is 12.1 Å². The summed E-state index contributed by atoms with van der Waals surface area (Å²) in [5.74, 6) is -0.128. The van der Waals surface area contributed by atoms with E-state index in [9.17, 15) is 23.3 Å². The molecule has 13 heteroatoms. The van der Waals surface area contributed by atoms with Crippen LogP contribution in [-0.4, -0.2) is 31.8 Å². The van der Waals surface area contributed by atoms with Gasteiger partial charge in [0.15, 0.2) is 5.69 Å². The van der Waals surface area contributed by atoms with Gasteiger partial charge in [-0.3, -0.25) is 10.1 Å². The molecule has 0 saturated carbocycles. The van der Waals surface area contributed by atoms with Crippen molar-refractivity contribution in [3.05, 3.63) is 63.2 Å². The molecule has 0 aliphatic rings. The third-order valence-electron chi connectivity index (χ3n) is 3.75. The first-order chi connectivity index (χ1) is 13.7. The molecule has 0 bridgehead atoms. The van der Waals surface area contributed by atoms with E-state index in [0.29, 0.717) is 11.3 Å². The SMILES string of the molecule is COc1cc(C(F)(F)F)nn1-c1ccc(CNc2nc(Cl)ncc2[N+](=O)[O-])cc1. The summed E-state index contributed by atoms with van der Waals surface area (Å²) in [6.45, 7) is 0.151. The highest BCUT2D eigenvalue weighted by atomic mass is 35.5. The maximum Gasteiger partial charge on any atom is 0.435 e. The molecule has 0 radical (unpaired) electrons. The summed E-state index contributed by atoms with van der Waals surface area (Å²) < 4.78 is 44.6. The van der Waals surface area contributed by atoms with Crippen LogP contribution < -0.4 is 10.1 Å². The second kappa shape index (κ2) is 7.91. The molecule has 152 valence electrons. The van der Waals surface area contributed by atoms with Crippen LogP contribution in [0.2, 0.25) is 5.28 Å². The van der Waals surface area contributed by atoms with Crippen molar-refractivity contribution < 1.29 is 22.8 Å². The van der Waals surface area contributed by atoms with Crippen LogP contribution in [-0.2, 0) is 12.7 Å². The standard InChI is InChI=1S/C16H12ClF3N6O3/c1-29-13-6-12(16(18,19)20)24-25(13)10-4-2-9(3-5-10)7-21-14-11(26(27)28)8-22-15(17)23-14/h2-6,8H,7H2,1H3,(H,21,22,23). The predicted molar refractivity (Wildman–Crippen MR) is 96.1 cm³/mol. The molecule has 0 fully saturated rings. The van der Waals surface area contributed by atoms with Gasteiger partial charge < -0.3 is 10.1 Å². The number of aromatic nitrogens is 4. The number of benzene rings is 1. The summed E-state index contributed by atoms with van der Waals surface area (Å²) in [5, 5.41) is 17.2. The Morgan fingerprint density at radius 2 is 2.00 bits per heavy atom. The van der Waals surface area contributed by atoms with Crippen molar-refractivity contribution in [2.24, 2.45) is 0 Å². The zero-order valence-electron chi connectivity index (χ0n) is 14.6.